The lowest BCUT2D eigenvalue weighted by Crippen LogP contribution is -2.45. The molecule has 8 heteroatoms. The summed E-state index contributed by atoms with van der Waals surface area (Å²) in [5, 5.41) is 5.15. The molecular weight excluding hydrogens is 356 g/mol. The van der Waals surface area contributed by atoms with Crippen LogP contribution in [0.1, 0.15) is 16.5 Å². The van der Waals surface area contributed by atoms with Gasteiger partial charge in [0, 0.05) is 36.6 Å². The van der Waals surface area contributed by atoms with Gasteiger partial charge in [0.05, 0.1) is 6.04 Å². The van der Waals surface area contributed by atoms with Crippen LogP contribution in [0.5, 0.6) is 5.75 Å². The molecule has 0 bridgehead atoms. The third kappa shape index (κ3) is 4.13. The topological polar surface area (TPSA) is 24.5 Å². The van der Waals surface area contributed by atoms with Crippen molar-refractivity contribution in [1.82, 2.24) is 10.2 Å². The number of benzene rings is 1. The fraction of sp³-hybridized carbons (Fsp3) is 0.412. The zero-order valence-electron chi connectivity index (χ0n) is 13.3. The monoisotopic (exact) mass is 374 g/mol. The highest BCUT2D eigenvalue weighted by atomic mass is 32.1. The Morgan fingerprint density at radius 3 is 2.44 bits per heavy atom. The van der Waals surface area contributed by atoms with Gasteiger partial charge in [-0.05, 0) is 17.5 Å². The number of rotatable bonds is 6. The summed E-state index contributed by atoms with van der Waals surface area (Å²) in [5.41, 5.74) is 0.465. The van der Waals surface area contributed by atoms with Crippen LogP contribution in [0.15, 0.2) is 41.8 Å². The molecule has 1 aromatic carbocycles. The molecule has 1 aliphatic heterocycles. The molecule has 0 saturated carbocycles. The van der Waals surface area contributed by atoms with Crippen LogP contribution in [0, 0.1) is 0 Å². The minimum atomic E-state index is -4.53. The highest BCUT2D eigenvalue weighted by Gasteiger charge is 2.44. The molecule has 1 N–H and O–H groups in total. The maximum absolute atomic E-state index is 13.5. The maximum atomic E-state index is 13.5. The quantitative estimate of drug-likeness (QED) is 0.774. The van der Waals surface area contributed by atoms with Crippen LogP contribution < -0.4 is 10.1 Å². The average Bonchev–Trinajstić information content (AvgIpc) is 3.11. The van der Waals surface area contributed by atoms with Gasteiger partial charge in [-0.2, -0.15) is 17.6 Å². The van der Waals surface area contributed by atoms with E-state index in [-0.39, 0.29) is 11.8 Å². The Morgan fingerprint density at radius 2 is 1.80 bits per heavy atom. The lowest BCUT2D eigenvalue weighted by Gasteiger charge is -2.35. The third-order valence-corrected chi connectivity index (χ3v) is 4.97. The first kappa shape index (κ1) is 18.2. The number of hydrogen-bond donors (Lipinski definition) is 1. The summed E-state index contributed by atoms with van der Waals surface area (Å²) in [6, 6.07) is 9.66. The van der Waals surface area contributed by atoms with Crippen LogP contribution >= 0.6 is 11.3 Å². The van der Waals surface area contributed by atoms with Gasteiger partial charge in [-0.1, -0.05) is 24.3 Å². The van der Waals surface area contributed by atoms with Crippen molar-refractivity contribution in [3.05, 3.63) is 52.2 Å². The van der Waals surface area contributed by atoms with Gasteiger partial charge in [0.15, 0.2) is 0 Å². The van der Waals surface area contributed by atoms with Gasteiger partial charge in [0.25, 0.3) is 0 Å². The zero-order chi connectivity index (χ0) is 17.9. The van der Waals surface area contributed by atoms with Crippen molar-refractivity contribution in [3.8, 4) is 5.75 Å². The molecule has 0 unspecified atom stereocenters. The molecule has 1 aromatic heterocycles. The molecule has 1 atom stereocenters. The number of piperazine rings is 1. The van der Waals surface area contributed by atoms with Crippen LogP contribution in [0.2, 0.25) is 0 Å². The number of ether oxygens (including phenoxy) is 1. The van der Waals surface area contributed by atoms with Crippen molar-refractivity contribution < 1.29 is 22.3 Å². The van der Waals surface area contributed by atoms with Crippen molar-refractivity contribution in [2.24, 2.45) is 0 Å². The number of alkyl halides is 4. The second kappa shape index (κ2) is 7.72. The smallest absolute Gasteiger partial charge is 0.428 e. The molecule has 0 amide bonds. The molecule has 1 aliphatic rings. The van der Waals surface area contributed by atoms with Crippen LogP contribution in [-0.4, -0.2) is 43.6 Å². The van der Waals surface area contributed by atoms with E-state index in [4.69, 9.17) is 0 Å². The summed E-state index contributed by atoms with van der Waals surface area (Å²) in [6.07, 6.45) is -8.42. The van der Waals surface area contributed by atoms with Crippen LogP contribution in [0.3, 0.4) is 0 Å². The fourth-order valence-corrected chi connectivity index (χ4v) is 3.78. The number of hydrogen-bond acceptors (Lipinski definition) is 4. The predicted octanol–water partition coefficient (Wildman–Crippen LogP) is 3.98. The number of nitrogens with one attached hydrogen (secondary N) is 1. The van der Waals surface area contributed by atoms with E-state index < -0.39 is 12.5 Å². The summed E-state index contributed by atoms with van der Waals surface area (Å²) < 4.78 is 56.5. The molecule has 1 fully saturated rings. The Labute approximate surface area is 147 Å². The maximum Gasteiger partial charge on any atom is 0.461 e. The molecule has 3 nitrogen and oxygen atoms in total. The number of thiophene rings is 1. The SMILES string of the molecule is FC(F)C(F)(F)Oc1ccccc1[C@@H](c1cccs1)N1CCNCC1. The summed E-state index contributed by atoms with van der Waals surface area (Å²) >= 11 is 1.50. The van der Waals surface area contributed by atoms with E-state index in [1.54, 1.807) is 12.1 Å². The summed E-state index contributed by atoms with van der Waals surface area (Å²) in [6.45, 7) is 3.00. The highest BCUT2D eigenvalue weighted by molar-refractivity contribution is 7.10. The van der Waals surface area contributed by atoms with Crippen LogP contribution in [0.25, 0.3) is 0 Å². The van der Waals surface area contributed by atoms with Gasteiger partial charge in [-0.15, -0.1) is 11.3 Å². The van der Waals surface area contributed by atoms with E-state index in [1.807, 2.05) is 17.5 Å². The van der Waals surface area contributed by atoms with E-state index in [0.717, 1.165) is 31.1 Å². The first-order chi connectivity index (χ1) is 12.0. The van der Waals surface area contributed by atoms with Crippen molar-refractivity contribution in [3.63, 3.8) is 0 Å². The first-order valence-corrected chi connectivity index (χ1v) is 8.79. The lowest BCUT2D eigenvalue weighted by molar-refractivity contribution is -0.253. The van der Waals surface area contributed by atoms with Gasteiger partial charge in [-0.25, -0.2) is 0 Å². The second-order valence-corrected chi connectivity index (χ2v) is 6.69. The van der Waals surface area contributed by atoms with Crippen molar-refractivity contribution in [1.29, 1.82) is 0 Å². The molecule has 0 aliphatic carbocycles. The lowest BCUT2D eigenvalue weighted by atomic mass is 10.0. The van der Waals surface area contributed by atoms with Gasteiger partial charge in [0.1, 0.15) is 5.75 Å². The minimum Gasteiger partial charge on any atom is -0.428 e. The van der Waals surface area contributed by atoms with E-state index >= 15 is 0 Å². The van der Waals surface area contributed by atoms with Gasteiger partial charge in [0.2, 0.25) is 0 Å². The summed E-state index contributed by atoms with van der Waals surface area (Å²) in [7, 11) is 0. The normalized spacial score (nSPS) is 17.6. The Morgan fingerprint density at radius 1 is 1.08 bits per heavy atom. The van der Waals surface area contributed by atoms with E-state index in [2.05, 4.69) is 15.0 Å². The van der Waals surface area contributed by atoms with Crippen molar-refractivity contribution >= 4 is 11.3 Å². The molecule has 136 valence electrons. The van der Waals surface area contributed by atoms with Crippen molar-refractivity contribution in [2.45, 2.75) is 18.6 Å². The average molecular weight is 374 g/mol. The zero-order valence-corrected chi connectivity index (χ0v) is 14.1. The molecule has 3 rings (SSSR count). The molecule has 2 aromatic rings. The Balaban J connectivity index is 1.99. The van der Waals surface area contributed by atoms with Gasteiger partial charge in [-0.3, -0.25) is 4.90 Å². The molecule has 25 heavy (non-hydrogen) atoms. The molecule has 0 radical (unpaired) electrons. The Hall–Kier alpha value is -1.64. The summed E-state index contributed by atoms with van der Waals surface area (Å²) in [5.74, 6) is -0.218. The van der Waals surface area contributed by atoms with Gasteiger partial charge < -0.3 is 10.1 Å². The van der Waals surface area contributed by atoms with E-state index in [0.29, 0.717) is 5.56 Å². The van der Waals surface area contributed by atoms with Gasteiger partial charge >= 0.3 is 12.5 Å². The van der Waals surface area contributed by atoms with E-state index in [9.17, 15) is 17.6 Å². The standard InChI is InChI=1S/C17H18F4N2OS/c18-16(19)17(20,21)24-13-5-2-1-4-12(13)15(14-6-3-11-25-14)23-9-7-22-8-10-23/h1-6,11,15-16,22H,7-10H2/t15-/m0/s1. The molecule has 0 spiro atoms. The second-order valence-electron chi connectivity index (χ2n) is 5.71. The predicted molar refractivity (Wildman–Crippen MR) is 88.6 cm³/mol. The summed E-state index contributed by atoms with van der Waals surface area (Å²) in [4.78, 5) is 3.10. The third-order valence-electron chi connectivity index (χ3n) is 4.04. The molecule has 1 saturated heterocycles. The van der Waals surface area contributed by atoms with Crippen LogP contribution in [0.4, 0.5) is 17.6 Å². The first-order valence-electron chi connectivity index (χ1n) is 7.91. The Bertz CT molecular complexity index is 675. The molecule has 2 heterocycles. The number of para-hydroxylation sites is 1. The fourth-order valence-electron chi connectivity index (χ4n) is 2.91. The van der Waals surface area contributed by atoms with E-state index in [1.165, 1.54) is 23.5 Å². The number of nitrogens with zero attached hydrogens (tertiary/aromatic N) is 1. The molecular formula is C17H18F4N2OS. The largest absolute Gasteiger partial charge is 0.461 e. The van der Waals surface area contributed by atoms with Crippen molar-refractivity contribution in [2.75, 3.05) is 26.2 Å². The highest BCUT2D eigenvalue weighted by Crippen LogP contribution is 2.39. The van der Waals surface area contributed by atoms with Crippen LogP contribution in [-0.2, 0) is 0 Å². The number of halogens is 4. The minimum absolute atomic E-state index is 0.218. The Kier molecular flexibility index (Phi) is 5.61.